The monoisotopic (exact) mass is 277 g/mol. The summed E-state index contributed by atoms with van der Waals surface area (Å²) in [5.74, 6) is -0.330. The molecule has 0 aromatic heterocycles. The van der Waals surface area contributed by atoms with Crippen LogP contribution in [-0.2, 0) is 0 Å². The number of carbonyl (C=O) groups is 1. The number of amides is 1. The molecule has 20 heavy (non-hydrogen) atoms. The Bertz CT molecular complexity index is 500. The molecule has 0 saturated heterocycles. The van der Waals surface area contributed by atoms with Gasteiger partial charge in [-0.05, 0) is 49.3 Å². The molecule has 0 radical (unpaired) electrons. The van der Waals surface area contributed by atoms with Gasteiger partial charge in [0.25, 0.3) is 5.91 Å². The minimum atomic E-state index is -0.233. The minimum absolute atomic E-state index is 0.00988. The molecule has 1 fully saturated rings. The van der Waals surface area contributed by atoms with E-state index < -0.39 is 0 Å². The van der Waals surface area contributed by atoms with E-state index in [0.29, 0.717) is 5.41 Å². The maximum absolute atomic E-state index is 12.4. The van der Waals surface area contributed by atoms with Gasteiger partial charge in [0.15, 0.2) is 0 Å². The van der Waals surface area contributed by atoms with E-state index in [1.54, 1.807) is 11.9 Å². The van der Waals surface area contributed by atoms with Gasteiger partial charge in [0.2, 0.25) is 0 Å². The molecule has 0 heterocycles. The Labute approximate surface area is 120 Å². The summed E-state index contributed by atoms with van der Waals surface area (Å²) < 4.78 is 0. The highest BCUT2D eigenvalue weighted by Gasteiger charge is 2.31. The third-order valence-corrected chi connectivity index (χ3v) is 4.39. The molecule has 0 spiro atoms. The fourth-order valence-corrected chi connectivity index (χ4v) is 2.82. The first-order valence-corrected chi connectivity index (χ1v) is 7.09. The van der Waals surface area contributed by atoms with Crippen LogP contribution in [0.1, 0.15) is 49.9 Å². The molecule has 2 rings (SSSR count). The Hall–Kier alpha value is -1.71. The Kier molecular flexibility index (Phi) is 3.93. The Balaban J connectivity index is 2.11. The van der Waals surface area contributed by atoms with Gasteiger partial charge in [-0.2, -0.15) is 0 Å². The van der Waals surface area contributed by atoms with Crippen LogP contribution < -0.4 is 0 Å². The summed E-state index contributed by atoms with van der Waals surface area (Å²) in [4.78, 5) is 14.1. The van der Waals surface area contributed by atoms with Gasteiger partial charge in [-0.1, -0.05) is 13.8 Å². The fourth-order valence-electron chi connectivity index (χ4n) is 2.82. The highest BCUT2D eigenvalue weighted by Crippen LogP contribution is 2.37. The Morgan fingerprint density at radius 1 is 1.25 bits per heavy atom. The van der Waals surface area contributed by atoms with Gasteiger partial charge < -0.3 is 15.1 Å². The molecule has 0 bridgehead atoms. The largest absolute Gasteiger partial charge is 0.508 e. The zero-order valence-electron chi connectivity index (χ0n) is 12.4. The predicted molar refractivity (Wildman–Crippen MR) is 77.9 cm³/mol. The summed E-state index contributed by atoms with van der Waals surface area (Å²) >= 11 is 0. The predicted octanol–water partition coefficient (Wildman–Crippen LogP) is 3.14. The van der Waals surface area contributed by atoms with Crippen LogP contribution in [-0.4, -0.2) is 34.1 Å². The first-order chi connectivity index (χ1) is 9.30. The third-order valence-electron chi connectivity index (χ3n) is 4.39. The van der Waals surface area contributed by atoms with Crippen molar-refractivity contribution in [1.29, 1.82) is 0 Å². The lowest BCUT2D eigenvalue weighted by molar-refractivity contribution is 0.0632. The van der Waals surface area contributed by atoms with Crippen LogP contribution in [0.15, 0.2) is 18.2 Å². The van der Waals surface area contributed by atoms with E-state index in [9.17, 15) is 15.0 Å². The maximum atomic E-state index is 12.4. The van der Waals surface area contributed by atoms with Crippen molar-refractivity contribution >= 4 is 5.91 Å². The lowest BCUT2D eigenvalue weighted by Crippen LogP contribution is -2.40. The highest BCUT2D eigenvalue weighted by atomic mass is 16.3. The Morgan fingerprint density at radius 2 is 1.85 bits per heavy atom. The van der Waals surface area contributed by atoms with Crippen molar-refractivity contribution in [2.45, 2.75) is 45.6 Å². The number of hydrogen-bond donors (Lipinski definition) is 2. The molecule has 1 aromatic rings. The second-order valence-electron chi connectivity index (χ2n) is 6.51. The van der Waals surface area contributed by atoms with Gasteiger partial charge in [-0.25, -0.2) is 0 Å². The summed E-state index contributed by atoms with van der Waals surface area (Å²) in [6.07, 6.45) is 4.16. The number of phenolic OH excluding ortho intramolecular Hbond substituents is 2. The summed E-state index contributed by atoms with van der Waals surface area (Å²) in [6.45, 7) is 4.51. The number of phenols is 2. The standard InChI is InChI=1S/C16H23NO3/c1-16(2)8-6-11(7-9-16)17(3)15(20)13-10-12(18)4-5-14(13)19/h4-5,10-11,18-19H,6-9H2,1-3H3. The van der Waals surface area contributed by atoms with Crippen LogP contribution in [0.3, 0.4) is 0 Å². The molecule has 1 aliphatic carbocycles. The van der Waals surface area contributed by atoms with E-state index in [-0.39, 0.29) is 29.0 Å². The van der Waals surface area contributed by atoms with Crippen molar-refractivity contribution < 1.29 is 15.0 Å². The molecule has 4 heteroatoms. The van der Waals surface area contributed by atoms with Crippen LogP contribution in [0.2, 0.25) is 0 Å². The van der Waals surface area contributed by atoms with Gasteiger partial charge in [-0.15, -0.1) is 0 Å². The van der Waals surface area contributed by atoms with Crippen LogP contribution in [0.4, 0.5) is 0 Å². The number of rotatable bonds is 2. The quantitative estimate of drug-likeness (QED) is 0.816. The lowest BCUT2D eigenvalue weighted by Gasteiger charge is -2.38. The van der Waals surface area contributed by atoms with Crippen LogP contribution in [0.5, 0.6) is 11.5 Å². The van der Waals surface area contributed by atoms with Gasteiger partial charge in [0.1, 0.15) is 11.5 Å². The van der Waals surface area contributed by atoms with Gasteiger partial charge in [0.05, 0.1) is 5.56 Å². The summed E-state index contributed by atoms with van der Waals surface area (Å²) in [7, 11) is 1.77. The summed E-state index contributed by atoms with van der Waals surface area (Å²) in [5.41, 5.74) is 0.519. The highest BCUT2D eigenvalue weighted by molar-refractivity contribution is 5.97. The van der Waals surface area contributed by atoms with Crippen LogP contribution in [0.25, 0.3) is 0 Å². The van der Waals surface area contributed by atoms with E-state index in [2.05, 4.69) is 13.8 Å². The third kappa shape index (κ3) is 3.06. The molecule has 1 saturated carbocycles. The second kappa shape index (κ2) is 5.35. The zero-order valence-corrected chi connectivity index (χ0v) is 12.4. The van der Waals surface area contributed by atoms with Crippen molar-refractivity contribution in [1.82, 2.24) is 4.90 Å². The molecular weight excluding hydrogens is 254 g/mol. The molecule has 0 unspecified atom stereocenters. The average Bonchev–Trinajstić information content (AvgIpc) is 2.40. The van der Waals surface area contributed by atoms with Gasteiger partial charge in [-0.3, -0.25) is 4.79 Å². The smallest absolute Gasteiger partial charge is 0.257 e. The fraction of sp³-hybridized carbons (Fsp3) is 0.562. The molecule has 2 N–H and O–H groups in total. The molecular formula is C16H23NO3. The molecule has 1 aliphatic rings. The lowest BCUT2D eigenvalue weighted by atomic mass is 9.75. The van der Waals surface area contributed by atoms with Crippen LogP contribution in [0, 0.1) is 5.41 Å². The topological polar surface area (TPSA) is 60.8 Å². The summed E-state index contributed by atoms with van der Waals surface area (Å²) in [5, 5.41) is 19.2. The van der Waals surface area contributed by atoms with E-state index in [1.165, 1.54) is 18.2 Å². The first-order valence-electron chi connectivity index (χ1n) is 7.09. The molecule has 110 valence electrons. The number of benzene rings is 1. The van der Waals surface area contributed by atoms with Crippen molar-refractivity contribution in [3.05, 3.63) is 23.8 Å². The molecule has 0 aliphatic heterocycles. The number of hydrogen-bond acceptors (Lipinski definition) is 3. The SMILES string of the molecule is CN(C(=O)c1cc(O)ccc1O)C1CCC(C)(C)CC1. The Morgan fingerprint density at radius 3 is 2.45 bits per heavy atom. The van der Waals surface area contributed by atoms with Gasteiger partial charge in [0, 0.05) is 13.1 Å². The average molecular weight is 277 g/mol. The van der Waals surface area contributed by atoms with Crippen molar-refractivity contribution in [2.24, 2.45) is 5.41 Å². The first kappa shape index (κ1) is 14.7. The van der Waals surface area contributed by atoms with E-state index >= 15 is 0 Å². The number of aromatic hydroxyl groups is 2. The minimum Gasteiger partial charge on any atom is -0.508 e. The molecule has 0 atom stereocenters. The van der Waals surface area contributed by atoms with Crippen molar-refractivity contribution in [3.63, 3.8) is 0 Å². The maximum Gasteiger partial charge on any atom is 0.257 e. The van der Waals surface area contributed by atoms with Crippen LogP contribution >= 0.6 is 0 Å². The van der Waals surface area contributed by atoms with E-state index in [4.69, 9.17) is 0 Å². The van der Waals surface area contributed by atoms with E-state index in [1.807, 2.05) is 0 Å². The normalized spacial score (nSPS) is 18.8. The van der Waals surface area contributed by atoms with Gasteiger partial charge >= 0.3 is 0 Å². The second-order valence-corrected chi connectivity index (χ2v) is 6.51. The van der Waals surface area contributed by atoms with Crippen molar-refractivity contribution in [3.8, 4) is 11.5 Å². The zero-order chi connectivity index (χ0) is 14.9. The summed E-state index contributed by atoms with van der Waals surface area (Å²) in [6, 6.07) is 4.24. The molecule has 1 amide bonds. The number of carbonyl (C=O) groups excluding carboxylic acids is 1. The number of nitrogens with zero attached hydrogens (tertiary/aromatic N) is 1. The molecule has 1 aromatic carbocycles. The molecule has 4 nitrogen and oxygen atoms in total. The van der Waals surface area contributed by atoms with E-state index in [0.717, 1.165) is 25.7 Å². The van der Waals surface area contributed by atoms with Crippen molar-refractivity contribution in [2.75, 3.05) is 7.05 Å².